The number of carbonyl (C=O) groups is 1. The molecule has 1 atom stereocenters. The van der Waals surface area contributed by atoms with E-state index in [0.29, 0.717) is 24.6 Å². The van der Waals surface area contributed by atoms with E-state index in [1.54, 1.807) is 4.90 Å². The number of carbonyl (C=O) groups excluding carboxylic acids is 1. The van der Waals surface area contributed by atoms with Crippen molar-refractivity contribution in [3.63, 3.8) is 0 Å². The Balaban J connectivity index is 1.64. The minimum absolute atomic E-state index is 0.147. The molecule has 0 unspecified atom stereocenters. The molecule has 0 bridgehead atoms. The normalized spacial score (nSPS) is 19.5. The van der Waals surface area contributed by atoms with E-state index in [9.17, 15) is 9.59 Å². The molecule has 2 aromatic rings. The second-order valence-electron chi connectivity index (χ2n) is 7.11. The number of benzene rings is 1. The highest BCUT2D eigenvalue weighted by molar-refractivity contribution is 5.94. The van der Waals surface area contributed by atoms with Crippen molar-refractivity contribution in [1.29, 1.82) is 0 Å². The van der Waals surface area contributed by atoms with E-state index in [-0.39, 0.29) is 11.5 Å². The maximum Gasteiger partial charge on any atom is 0.261 e. The number of amides is 1. The summed E-state index contributed by atoms with van der Waals surface area (Å²) in [6.45, 7) is 3.47. The van der Waals surface area contributed by atoms with Crippen LogP contribution < -0.4 is 5.56 Å². The smallest absolute Gasteiger partial charge is 0.261 e. The summed E-state index contributed by atoms with van der Waals surface area (Å²) < 4.78 is 0. The van der Waals surface area contributed by atoms with Crippen molar-refractivity contribution in [1.82, 2.24) is 9.88 Å². The Hall–Kier alpha value is -2.36. The molecule has 2 aliphatic rings. The predicted molar refractivity (Wildman–Crippen MR) is 93.1 cm³/mol. The molecular formula is C20H22N2O2. The molecule has 2 heterocycles. The predicted octanol–water partition coefficient (Wildman–Crippen LogP) is 2.70. The molecule has 0 fully saturated rings. The minimum atomic E-state index is -0.243. The van der Waals surface area contributed by atoms with Crippen LogP contribution >= 0.6 is 0 Å². The fraction of sp³-hybridized carbons (Fsp3) is 0.400. The molecule has 4 nitrogen and oxygen atoms in total. The number of fused-ring (bicyclic) bond motifs is 2. The molecule has 1 aromatic heterocycles. The third-order valence-corrected chi connectivity index (χ3v) is 5.32. The van der Waals surface area contributed by atoms with Gasteiger partial charge in [-0.15, -0.1) is 0 Å². The lowest BCUT2D eigenvalue weighted by molar-refractivity contribution is 0.0732. The van der Waals surface area contributed by atoms with Gasteiger partial charge in [0.2, 0.25) is 0 Å². The summed E-state index contributed by atoms with van der Waals surface area (Å²) in [5.41, 5.74) is 4.68. The standard InChI is InChI=1S/C20H22N2O2/c1-13-6-7-18-16(10-13)11-17(19(23)21-18)20(24)22-9-8-14-4-2-3-5-15(14)12-22/h2-5,11,13H,6-10,12H2,1H3,(H,21,23)/t13-/m1/s1. The van der Waals surface area contributed by atoms with E-state index in [4.69, 9.17) is 0 Å². The van der Waals surface area contributed by atoms with Crippen LogP contribution in [0.2, 0.25) is 0 Å². The van der Waals surface area contributed by atoms with E-state index in [2.05, 4.69) is 24.0 Å². The molecule has 1 amide bonds. The first-order valence-corrected chi connectivity index (χ1v) is 8.73. The van der Waals surface area contributed by atoms with Crippen molar-refractivity contribution in [2.75, 3.05) is 6.54 Å². The lowest BCUT2D eigenvalue weighted by Crippen LogP contribution is -2.39. The number of nitrogens with zero attached hydrogens (tertiary/aromatic N) is 1. The zero-order valence-electron chi connectivity index (χ0n) is 14.0. The topological polar surface area (TPSA) is 53.2 Å². The number of aromatic nitrogens is 1. The number of rotatable bonds is 1. The lowest BCUT2D eigenvalue weighted by atomic mass is 9.87. The summed E-state index contributed by atoms with van der Waals surface area (Å²) in [6.07, 6.45) is 3.79. The van der Waals surface area contributed by atoms with Gasteiger partial charge in [0.05, 0.1) is 0 Å². The summed E-state index contributed by atoms with van der Waals surface area (Å²) in [7, 11) is 0. The second-order valence-corrected chi connectivity index (χ2v) is 7.11. The average molecular weight is 322 g/mol. The largest absolute Gasteiger partial charge is 0.334 e. The molecule has 0 saturated carbocycles. The number of pyridine rings is 1. The molecule has 1 N–H and O–H groups in total. The Kier molecular flexibility index (Phi) is 3.75. The Bertz CT molecular complexity index is 853. The highest BCUT2D eigenvalue weighted by Gasteiger charge is 2.25. The Morgan fingerprint density at radius 1 is 1.17 bits per heavy atom. The van der Waals surface area contributed by atoms with Gasteiger partial charge in [-0.1, -0.05) is 31.2 Å². The van der Waals surface area contributed by atoms with E-state index < -0.39 is 0 Å². The number of hydrogen-bond donors (Lipinski definition) is 1. The van der Waals surface area contributed by atoms with Crippen LogP contribution in [0.25, 0.3) is 0 Å². The van der Waals surface area contributed by atoms with Gasteiger partial charge in [-0.25, -0.2) is 0 Å². The van der Waals surface area contributed by atoms with Gasteiger partial charge < -0.3 is 9.88 Å². The molecular weight excluding hydrogens is 300 g/mol. The van der Waals surface area contributed by atoms with Crippen molar-refractivity contribution < 1.29 is 4.79 Å². The summed E-state index contributed by atoms with van der Waals surface area (Å²) >= 11 is 0. The first-order valence-electron chi connectivity index (χ1n) is 8.73. The lowest BCUT2D eigenvalue weighted by Gasteiger charge is -2.29. The van der Waals surface area contributed by atoms with Crippen LogP contribution in [0.1, 0.15) is 46.1 Å². The average Bonchev–Trinajstić information content (AvgIpc) is 2.60. The van der Waals surface area contributed by atoms with Crippen molar-refractivity contribution in [2.45, 2.75) is 39.2 Å². The van der Waals surface area contributed by atoms with Crippen LogP contribution in [0.15, 0.2) is 35.1 Å². The molecule has 4 heteroatoms. The zero-order chi connectivity index (χ0) is 16.7. The fourth-order valence-electron chi connectivity index (χ4n) is 3.88. The third kappa shape index (κ3) is 2.66. The van der Waals surface area contributed by atoms with Crippen LogP contribution in [0.4, 0.5) is 0 Å². The molecule has 24 heavy (non-hydrogen) atoms. The monoisotopic (exact) mass is 322 g/mol. The number of hydrogen-bond acceptors (Lipinski definition) is 2. The van der Waals surface area contributed by atoms with Crippen LogP contribution in [0, 0.1) is 5.92 Å². The van der Waals surface area contributed by atoms with Crippen LogP contribution in [-0.2, 0) is 25.8 Å². The molecule has 1 aromatic carbocycles. The number of aromatic amines is 1. The fourth-order valence-corrected chi connectivity index (χ4v) is 3.88. The van der Waals surface area contributed by atoms with Gasteiger partial charge in [0.15, 0.2) is 0 Å². The molecule has 1 aliphatic heterocycles. The maximum absolute atomic E-state index is 12.9. The first kappa shape index (κ1) is 15.2. The first-order chi connectivity index (χ1) is 11.6. The number of H-pyrrole nitrogens is 1. The summed E-state index contributed by atoms with van der Waals surface area (Å²) in [6, 6.07) is 10.1. The summed E-state index contributed by atoms with van der Waals surface area (Å²) in [5, 5.41) is 0. The van der Waals surface area contributed by atoms with E-state index in [1.807, 2.05) is 18.2 Å². The number of nitrogens with one attached hydrogen (secondary N) is 1. The summed E-state index contributed by atoms with van der Waals surface area (Å²) in [5.74, 6) is 0.458. The van der Waals surface area contributed by atoms with E-state index in [0.717, 1.165) is 36.9 Å². The van der Waals surface area contributed by atoms with Gasteiger partial charge in [0, 0.05) is 18.8 Å². The minimum Gasteiger partial charge on any atom is -0.334 e. The molecule has 124 valence electrons. The Morgan fingerprint density at radius 3 is 2.79 bits per heavy atom. The van der Waals surface area contributed by atoms with Crippen molar-refractivity contribution in [3.05, 3.63) is 68.6 Å². The van der Waals surface area contributed by atoms with Crippen molar-refractivity contribution in [3.8, 4) is 0 Å². The van der Waals surface area contributed by atoms with Crippen LogP contribution in [0.3, 0.4) is 0 Å². The van der Waals surface area contributed by atoms with Gasteiger partial charge >= 0.3 is 0 Å². The van der Waals surface area contributed by atoms with E-state index >= 15 is 0 Å². The van der Waals surface area contributed by atoms with Gasteiger partial charge in [-0.3, -0.25) is 9.59 Å². The molecule has 0 saturated heterocycles. The van der Waals surface area contributed by atoms with Crippen LogP contribution in [0.5, 0.6) is 0 Å². The highest BCUT2D eigenvalue weighted by Crippen LogP contribution is 2.24. The van der Waals surface area contributed by atoms with Gasteiger partial charge in [-0.05, 0) is 54.4 Å². The van der Waals surface area contributed by atoms with Crippen LogP contribution in [-0.4, -0.2) is 22.3 Å². The number of aryl methyl sites for hydroxylation is 1. The summed E-state index contributed by atoms with van der Waals surface area (Å²) in [4.78, 5) is 30.1. The Morgan fingerprint density at radius 2 is 1.96 bits per heavy atom. The molecule has 1 aliphatic carbocycles. The second kappa shape index (κ2) is 5.93. The van der Waals surface area contributed by atoms with Gasteiger partial charge in [0.25, 0.3) is 11.5 Å². The van der Waals surface area contributed by atoms with Gasteiger partial charge in [0.1, 0.15) is 5.56 Å². The SMILES string of the molecule is C[C@@H]1CCc2[nH]c(=O)c(C(=O)N3CCc4ccccc4C3)cc2C1. The van der Waals surface area contributed by atoms with Crippen molar-refractivity contribution in [2.24, 2.45) is 5.92 Å². The third-order valence-electron chi connectivity index (χ3n) is 5.32. The Labute approximate surface area is 141 Å². The van der Waals surface area contributed by atoms with Gasteiger partial charge in [-0.2, -0.15) is 0 Å². The zero-order valence-corrected chi connectivity index (χ0v) is 14.0. The molecule has 0 radical (unpaired) electrons. The van der Waals surface area contributed by atoms with Crippen molar-refractivity contribution >= 4 is 5.91 Å². The maximum atomic E-state index is 12.9. The quantitative estimate of drug-likeness (QED) is 0.877. The molecule has 4 rings (SSSR count). The highest BCUT2D eigenvalue weighted by atomic mass is 16.2. The molecule has 0 spiro atoms. The van der Waals surface area contributed by atoms with E-state index in [1.165, 1.54) is 11.1 Å².